The van der Waals surface area contributed by atoms with Gasteiger partial charge in [0, 0.05) is 18.6 Å². The molecular formula is C15H32N2. The Kier molecular flexibility index (Phi) is 7.14. The molecular weight excluding hydrogens is 208 g/mol. The highest BCUT2D eigenvalue weighted by Gasteiger charge is 2.25. The van der Waals surface area contributed by atoms with E-state index in [1.165, 1.54) is 38.6 Å². The molecule has 0 aromatic heterocycles. The molecule has 0 aromatic carbocycles. The quantitative estimate of drug-likeness (QED) is 0.735. The zero-order valence-electron chi connectivity index (χ0n) is 12.3. The number of likely N-dealkylation sites (tertiary alicyclic amines) is 1. The van der Waals surface area contributed by atoms with Crippen LogP contribution in [0.15, 0.2) is 0 Å². The van der Waals surface area contributed by atoms with Crippen LogP contribution in [0.3, 0.4) is 0 Å². The lowest BCUT2D eigenvalue weighted by Crippen LogP contribution is -2.49. The molecule has 0 amide bonds. The Morgan fingerprint density at radius 1 is 1.18 bits per heavy atom. The van der Waals surface area contributed by atoms with Crippen molar-refractivity contribution in [3.05, 3.63) is 0 Å². The molecule has 0 spiro atoms. The highest BCUT2D eigenvalue weighted by molar-refractivity contribution is 4.81. The lowest BCUT2D eigenvalue weighted by atomic mass is 9.96. The molecule has 1 N–H and O–H groups in total. The van der Waals surface area contributed by atoms with Gasteiger partial charge >= 0.3 is 0 Å². The second kappa shape index (κ2) is 8.10. The van der Waals surface area contributed by atoms with Gasteiger partial charge in [0.05, 0.1) is 0 Å². The van der Waals surface area contributed by atoms with Gasteiger partial charge in [0.2, 0.25) is 0 Å². The van der Waals surface area contributed by atoms with Crippen molar-refractivity contribution >= 4 is 0 Å². The predicted molar refractivity (Wildman–Crippen MR) is 76.4 cm³/mol. The van der Waals surface area contributed by atoms with Crippen molar-refractivity contribution in [2.24, 2.45) is 5.92 Å². The summed E-state index contributed by atoms with van der Waals surface area (Å²) in [6.07, 6.45) is 6.96. The smallest absolute Gasteiger partial charge is 0.0195 e. The highest BCUT2D eigenvalue weighted by atomic mass is 15.2. The molecule has 2 heteroatoms. The molecule has 0 aromatic rings. The van der Waals surface area contributed by atoms with Gasteiger partial charge in [0.15, 0.2) is 0 Å². The Hall–Kier alpha value is -0.0800. The molecule has 2 unspecified atom stereocenters. The van der Waals surface area contributed by atoms with Gasteiger partial charge in [-0.05, 0) is 45.2 Å². The van der Waals surface area contributed by atoms with Crippen LogP contribution < -0.4 is 5.32 Å². The lowest BCUT2D eigenvalue weighted by molar-refractivity contribution is 0.0953. The molecule has 0 bridgehead atoms. The van der Waals surface area contributed by atoms with Crippen LogP contribution in [0.1, 0.15) is 59.8 Å². The minimum absolute atomic E-state index is 0.700. The number of nitrogens with one attached hydrogen (secondary N) is 1. The monoisotopic (exact) mass is 240 g/mol. The van der Waals surface area contributed by atoms with E-state index in [-0.39, 0.29) is 0 Å². The van der Waals surface area contributed by atoms with Gasteiger partial charge in [0.1, 0.15) is 0 Å². The van der Waals surface area contributed by atoms with E-state index >= 15 is 0 Å². The Bertz CT molecular complexity index is 189. The molecule has 0 saturated carbocycles. The summed E-state index contributed by atoms with van der Waals surface area (Å²) in [5.41, 5.74) is 0. The van der Waals surface area contributed by atoms with Crippen LogP contribution in [0.5, 0.6) is 0 Å². The van der Waals surface area contributed by atoms with Crippen molar-refractivity contribution in [1.29, 1.82) is 0 Å². The van der Waals surface area contributed by atoms with Crippen LogP contribution >= 0.6 is 0 Å². The summed E-state index contributed by atoms with van der Waals surface area (Å²) >= 11 is 0. The van der Waals surface area contributed by atoms with E-state index in [0.29, 0.717) is 6.04 Å². The molecule has 102 valence electrons. The highest BCUT2D eigenvalue weighted by Crippen LogP contribution is 2.22. The fourth-order valence-corrected chi connectivity index (χ4v) is 2.94. The molecule has 0 radical (unpaired) electrons. The molecule has 2 atom stereocenters. The molecule has 1 aliphatic heterocycles. The first kappa shape index (κ1) is 15.0. The number of hydrogen-bond acceptors (Lipinski definition) is 2. The molecule has 2 nitrogen and oxygen atoms in total. The maximum absolute atomic E-state index is 3.60. The number of piperidine rings is 1. The first-order chi connectivity index (χ1) is 8.15. The van der Waals surface area contributed by atoms with Gasteiger partial charge in [-0.25, -0.2) is 0 Å². The maximum atomic E-state index is 3.60. The van der Waals surface area contributed by atoms with Gasteiger partial charge in [-0.15, -0.1) is 0 Å². The predicted octanol–water partition coefficient (Wildman–Crippen LogP) is 3.28. The molecule has 17 heavy (non-hydrogen) atoms. The summed E-state index contributed by atoms with van der Waals surface area (Å²) in [5, 5.41) is 3.60. The standard InChI is InChI=1S/C15H32N2/c1-5-8-15-9-6-7-10-17(15)14(4)12-16-11-13(2)3/h13-16H,5-12H2,1-4H3. The topological polar surface area (TPSA) is 15.3 Å². The van der Waals surface area contributed by atoms with Crippen molar-refractivity contribution in [2.75, 3.05) is 19.6 Å². The van der Waals surface area contributed by atoms with Gasteiger partial charge in [-0.3, -0.25) is 4.90 Å². The fourth-order valence-electron chi connectivity index (χ4n) is 2.94. The number of rotatable bonds is 7. The van der Waals surface area contributed by atoms with Crippen molar-refractivity contribution < 1.29 is 0 Å². The average Bonchev–Trinajstić information content (AvgIpc) is 2.29. The third-order valence-corrected chi connectivity index (χ3v) is 3.85. The van der Waals surface area contributed by atoms with E-state index in [9.17, 15) is 0 Å². The summed E-state index contributed by atoms with van der Waals surface area (Å²) in [7, 11) is 0. The Balaban J connectivity index is 2.33. The van der Waals surface area contributed by atoms with E-state index in [0.717, 1.165) is 25.0 Å². The first-order valence-corrected chi connectivity index (χ1v) is 7.61. The van der Waals surface area contributed by atoms with Gasteiger partial charge < -0.3 is 5.32 Å². The zero-order chi connectivity index (χ0) is 12.7. The summed E-state index contributed by atoms with van der Waals surface area (Å²) < 4.78 is 0. The zero-order valence-corrected chi connectivity index (χ0v) is 12.3. The van der Waals surface area contributed by atoms with Crippen molar-refractivity contribution in [3.8, 4) is 0 Å². The molecule has 1 saturated heterocycles. The van der Waals surface area contributed by atoms with Crippen LogP contribution in [0.2, 0.25) is 0 Å². The van der Waals surface area contributed by atoms with Crippen molar-refractivity contribution in [3.63, 3.8) is 0 Å². The SMILES string of the molecule is CCCC1CCCCN1C(C)CNCC(C)C. The number of hydrogen-bond donors (Lipinski definition) is 1. The lowest BCUT2D eigenvalue weighted by Gasteiger charge is -2.40. The minimum Gasteiger partial charge on any atom is -0.315 e. The van der Waals surface area contributed by atoms with Crippen LogP contribution in [0, 0.1) is 5.92 Å². The number of nitrogens with zero attached hydrogens (tertiary/aromatic N) is 1. The van der Waals surface area contributed by atoms with Crippen LogP contribution in [-0.4, -0.2) is 36.6 Å². The van der Waals surface area contributed by atoms with Crippen molar-refractivity contribution in [2.45, 2.75) is 71.9 Å². The van der Waals surface area contributed by atoms with Crippen LogP contribution in [0.25, 0.3) is 0 Å². The van der Waals surface area contributed by atoms with E-state index in [1.54, 1.807) is 0 Å². The van der Waals surface area contributed by atoms with E-state index in [4.69, 9.17) is 0 Å². The van der Waals surface area contributed by atoms with Crippen LogP contribution in [-0.2, 0) is 0 Å². The maximum Gasteiger partial charge on any atom is 0.0195 e. The Labute approximate surface area is 108 Å². The third kappa shape index (κ3) is 5.39. The fraction of sp³-hybridized carbons (Fsp3) is 1.00. The minimum atomic E-state index is 0.700. The van der Waals surface area contributed by atoms with Gasteiger partial charge in [0.25, 0.3) is 0 Å². The van der Waals surface area contributed by atoms with E-state index < -0.39 is 0 Å². The Morgan fingerprint density at radius 3 is 2.59 bits per heavy atom. The van der Waals surface area contributed by atoms with Crippen molar-refractivity contribution in [1.82, 2.24) is 10.2 Å². The van der Waals surface area contributed by atoms with Gasteiger partial charge in [-0.2, -0.15) is 0 Å². The average molecular weight is 240 g/mol. The summed E-state index contributed by atoms with van der Waals surface area (Å²) in [6, 6.07) is 1.55. The van der Waals surface area contributed by atoms with Crippen LogP contribution in [0.4, 0.5) is 0 Å². The molecule has 1 heterocycles. The molecule has 1 aliphatic rings. The van der Waals surface area contributed by atoms with E-state index in [2.05, 4.69) is 37.9 Å². The molecule has 1 rings (SSSR count). The summed E-state index contributed by atoms with van der Waals surface area (Å²) in [5.74, 6) is 0.759. The Morgan fingerprint density at radius 2 is 1.94 bits per heavy atom. The first-order valence-electron chi connectivity index (χ1n) is 7.61. The molecule has 1 fully saturated rings. The second-order valence-corrected chi connectivity index (χ2v) is 6.08. The largest absolute Gasteiger partial charge is 0.315 e. The summed E-state index contributed by atoms with van der Waals surface area (Å²) in [6.45, 7) is 12.9. The van der Waals surface area contributed by atoms with Gasteiger partial charge in [-0.1, -0.05) is 33.6 Å². The second-order valence-electron chi connectivity index (χ2n) is 6.08. The summed E-state index contributed by atoms with van der Waals surface area (Å²) in [4.78, 5) is 2.75. The molecule has 0 aliphatic carbocycles. The normalized spacial score (nSPS) is 24.2. The third-order valence-electron chi connectivity index (χ3n) is 3.85. The van der Waals surface area contributed by atoms with E-state index in [1.807, 2.05) is 0 Å².